The summed E-state index contributed by atoms with van der Waals surface area (Å²) in [6, 6.07) is 15.2. The Morgan fingerprint density at radius 1 is 1.14 bits per heavy atom. The number of benzene rings is 2. The van der Waals surface area contributed by atoms with Gasteiger partial charge in [0.05, 0.1) is 6.42 Å². The van der Waals surface area contributed by atoms with E-state index in [9.17, 15) is 4.79 Å². The van der Waals surface area contributed by atoms with Crippen LogP contribution in [0, 0.1) is 6.92 Å². The lowest BCUT2D eigenvalue weighted by Crippen LogP contribution is -2.33. The molecule has 1 heterocycles. The van der Waals surface area contributed by atoms with Gasteiger partial charge in [-0.15, -0.1) is 0 Å². The van der Waals surface area contributed by atoms with Gasteiger partial charge in [0.2, 0.25) is 5.91 Å². The van der Waals surface area contributed by atoms with E-state index in [1.165, 1.54) is 0 Å². The molecule has 1 aliphatic rings. The zero-order chi connectivity index (χ0) is 14.7. The summed E-state index contributed by atoms with van der Waals surface area (Å²) in [7, 11) is 0. The fourth-order valence-corrected chi connectivity index (χ4v) is 2.22. The molecular formula is C17H17NO3. The number of anilines is 1. The molecule has 0 saturated heterocycles. The molecular weight excluding hydrogens is 266 g/mol. The zero-order valence-corrected chi connectivity index (χ0v) is 11.8. The molecule has 0 radical (unpaired) electrons. The van der Waals surface area contributed by atoms with Gasteiger partial charge in [-0.1, -0.05) is 29.8 Å². The summed E-state index contributed by atoms with van der Waals surface area (Å²) in [5, 5.41) is 2.87. The number of carbonyl (C=O) groups is 1. The lowest BCUT2D eigenvalue weighted by molar-refractivity contribution is -0.118. The maximum atomic E-state index is 12.0. The summed E-state index contributed by atoms with van der Waals surface area (Å²) >= 11 is 0. The molecule has 1 aliphatic heterocycles. The number of ether oxygens (including phenoxy) is 2. The highest BCUT2D eigenvalue weighted by Crippen LogP contribution is 2.31. The molecule has 4 heteroatoms. The number of rotatable bonds is 3. The van der Waals surface area contributed by atoms with Crippen molar-refractivity contribution in [2.75, 3.05) is 11.9 Å². The van der Waals surface area contributed by atoms with Crippen molar-refractivity contribution < 1.29 is 14.3 Å². The molecule has 4 nitrogen and oxygen atoms in total. The molecule has 2 aromatic carbocycles. The summed E-state index contributed by atoms with van der Waals surface area (Å²) < 4.78 is 11.4. The Labute approximate surface area is 123 Å². The van der Waals surface area contributed by atoms with E-state index in [4.69, 9.17) is 9.47 Å². The van der Waals surface area contributed by atoms with Crippen molar-refractivity contribution in [3.8, 4) is 11.5 Å². The van der Waals surface area contributed by atoms with Gasteiger partial charge >= 0.3 is 0 Å². The minimum atomic E-state index is -0.259. The zero-order valence-electron chi connectivity index (χ0n) is 11.8. The molecule has 0 spiro atoms. The van der Waals surface area contributed by atoms with Crippen molar-refractivity contribution in [2.24, 2.45) is 0 Å². The normalized spacial score (nSPS) is 16.3. The maximum absolute atomic E-state index is 12.0. The molecule has 2 aromatic rings. The summed E-state index contributed by atoms with van der Waals surface area (Å²) in [5.41, 5.74) is 1.95. The van der Waals surface area contributed by atoms with Gasteiger partial charge in [-0.05, 0) is 31.2 Å². The third-order valence-corrected chi connectivity index (χ3v) is 3.32. The van der Waals surface area contributed by atoms with Crippen LogP contribution in [-0.2, 0) is 4.79 Å². The van der Waals surface area contributed by atoms with Crippen molar-refractivity contribution in [1.82, 2.24) is 0 Å². The molecule has 108 valence electrons. The number of hydrogen-bond acceptors (Lipinski definition) is 3. The monoisotopic (exact) mass is 283 g/mol. The van der Waals surface area contributed by atoms with Gasteiger partial charge in [0.25, 0.3) is 0 Å². The van der Waals surface area contributed by atoms with Crippen LogP contribution in [0.15, 0.2) is 48.5 Å². The minimum absolute atomic E-state index is 0.0770. The lowest BCUT2D eigenvalue weighted by Gasteiger charge is -2.26. The molecule has 0 aliphatic carbocycles. The highest BCUT2D eigenvalue weighted by molar-refractivity contribution is 5.91. The molecule has 0 fully saturated rings. The topological polar surface area (TPSA) is 47.6 Å². The number of para-hydroxylation sites is 2. The minimum Gasteiger partial charge on any atom is -0.486 e. The first-order valence-corrected chi connectivity index (χ1v) is 6.96. The van der Waals surface area contributed by atoms with Crippen molar-refractivity contribution in [3.05, 3.63) is 54.1 Å². The Balaban J connectivity index is 1.57. The van der Waals surface area contributed by atoms with Gasteiger partial charge in [-0.2, -0.15) is 0 Å². The number of amides is 1. The van der Waals surface area contributed by atoms with E-state index in [0.29, 0.717) is 12.4 Å². The van der Waals surface area contributed by atoms with E-state index >= 15 is 0 Å². The molecule has 1 atom stereocenters. The molecule has 21 heavy (non-hydrogen) atoms. The van der Waals surface area contributed by atoms with Crippen molar-refractivity contribution in [2.45, 2.75) is 19.4 Å². The van der Waals surface area contributed by atoms with Crippen molar-refractivity contribution in [1.29, 1.82) is 0 Å². The number of nitrogens with one attached hydrogen (secondary N) is 1. The average Bonchev–Trinajstić information content (AvgIpc) is 2.49. The van der Waals surface area contributed by atoms with Crippen LogP contribution >= 0.6 is 0 Å². The van der Waals surface area contributed by atoms with Gasteiger partial charge in [-0.3, -0.25) is 4.79 Å². The van der Waals surface area contributed by atoms with E-state index in [1.54, 1.807) is 0 Å². The van der Waals surface area contributed by atoms with Crippen LogP contribution in [-0.4, -0.2) is 18.6 Å². The standard InChI is InChI=1S/C17H17NO3/c1-12-6-8-13(9-7-12)18-17(19)10-14-11-20-15-4-2-3-5-16(15)21-14/h2-9,14H,10-11H2,1H3,(H,18,19)/t14-/m1/s1. The third kappa shape index (κ3) is 3.34. The Morgan fingerprint density at radius 3 is 2.62 bits per heavy atom. The van der Waals surface area contributed by atoms with Crippen LogP contribution in [0.25, 0.3) is 0 Å². The van der Waals surface area contributed by atoms with Crippen LogP contribution in [0.1, 0.15) is 12.0 Å². The summed E-state index contributed by atoms with van der Waals surface area (Å²) in [6.07, 6.45) is 0.00715. The van der Waals surface area contributed by atoms with Crippen LogP contribution in [0.3, 0.4) is 0 Å². The second-order valence-corrected chi connectivity index (χ2v) is 5.12. The third-order valence-electron chi connectivity index (χ3n) is 3.32. The Morgan fingerprint density at radius 2 is 1.86 bits per heavy atom. The molecule has 0 bridgehead atoms. The fraction of sp³-hybridized carbons (Fsp3) is 0.235. The SMILES string of the molecule is Cc1ccc(NC(=O)C[C@@H]2COc3ccccc3O2)cc1. The largest absolute Gasteiger partial charge is 0.486 e. The second kappa shape index (κ2) is 5.87. The van der Waals surface area contributed by atoms with Crippen LogP contribution in [0.4, 0.5) is 5.69 Å². The van der Waals surface area contributed by atoms with Crippen molar-refractivity contribution in [3.63, 3.8) is 0 Å². The maximum Gasteiger partial charge on any atom is 0.228 e. The van der Waals surface area contributed by atoms with Crippen LogP contribution in [0.2, 0.25) is 0 Å². The first-order chi connectivity index (χ1) is 10.2. The predicted octanol–water partition coefficient (Wildman–Crippen LogP) is 3.16. The van der Waals surface area contributed by atoms with E-state index in [2.05, 4.69) is 5.32 Å². The highest BCUT2D eigenvalue weighted by Gasteiger charge is 2.23. The van der Waals surface area contributed by atoms with Crippen molar-refractivity contribution >= 4 is 11.6 Å². The Hall–Kier alpha value is -2.49. The van der Waals surface area contributed by atoms with Gasteiger partial charge in [0.1, 0.15) is 12.7 Å². The Bertz CT molecular complexity index is 637. The second-order valence-electron chi connectivity index (χ2n) is 5.12. The van der Waals surface area contributed by atoms with Gasteiger partial charge in [0, 0.05) is 5.69 Å². The van der Waals surface area contributed by atoms with E-state index in [1.807, 2.05) is 55.5 Å². The number of aryl methyl sites for hydroxylation is 1. The molecule has 0 saturated carbocycles. The summed E-state index contributed by atoms with van der Waals surface area (Å²) in [5.74, 6) is 1.34. The quantitative estimate of drug-likeness (QED) is 0.941. The molecule has 1 amide bonds. The molecule has 1 N–H and O–H groups in total. The van der Waals surface area contributed by atoms with E-state index < -0.39 is 0 Å². The number of hydrogen-bond donors (Lipinski definition) is 1. The van der Waals surface area contributed by atoms with Crippen LogP contribution in [0.5, 0.6) is 11.5 Å². The smallest absolute Gasteiger partial charge is 0.228 e. The Kier molecular flexibility index (Phi) is 3.77. The lowest BCUT2D eigenvalue weighted by atomic mass is 10.2. The number of carbonyl (C=O) groups excluding carboxylic acids is 1. The van der Waals surface area contributed by atoms with Gasteiger partial charge in [-0.25, -0.2) is 0 Å². The fourth-order valence-electron chi connectivity index (χ4n) is 2.22. The predicted molar refractivity (Wildman–Crippen MR) is 80.8 cm³/mol. The van der Waals surface area contributed by atoms with Crippen LogP contribution < -0.4 is 14.8 Å². The first-order valence-electron chi connectivity index (χ1n) is 6.96. The molecule has 0 aromatic heterocycles. The first kappa shape index (κ1) is 13.5. The van der Waals surface area contributed by atoms with Gasteiger partial charge in [0.15, 0.2) is 11.5 Å². The van der Waals surface area contributed by atoms with Gasteiger partial charge < -0.3 is 14.8 Å². The average molecular weight is 283 g/mol. The van der Waals surface area contributed by atoms with E-state index in [0.717, 1.165) is 17.0 Å². The number of fused-ring (bicyclic) bond motifs is 1. The highest BCUT2D eigenvalue weighted by atomic mass is 16.6. The summed E-state index contributed by atoms with van der Waals surface area (Å²) in [6.45, 7) is 2.40. The molecule has 3 rings (SSSR count). The van der Waals surface area contributed by atoms with E-state index in [-0.39, 0.29) is 18.4 Å². The molecule has 0 unspecified atom stereocenters. The summed E-state index contributed by atoms with van der Waals surface area (Å²) in [4.78, 5) is 12.0.